The minimum absolute atomic E-state index is 0. The van der Waals surface area contributed by atoms with Gasteiger partial charge in [-0.25, -0.2) is 16.8 Å². The van der Waals surface area contributed by atoms with Crippen LogP contribution in [0.15, 0.2) is 72.9 Å². The first-order valence-corrected chi connectivity index (χ1v) is 10.7. The Balaban J connectivity index is -0.00000192. The van der Waals surface area contributed by atoms with Crippen LogP contribution < -0.4 is 67.5 Å². The van der Waals surface area contributed by atoms with E-state index in [-0.39, 0.29) is 96.5 Å². The van der Waals surface area contributed by atoms with Gasteiger partial charge in [-0.15, -0.1) is 0 Å². The number of aromatic nitrogens is 1. The summed E-state index contributed by atoms with van der Waals surface area (Å²) in [5.74, 6) is -0.673. The van der Waals surface area contributed by atoms with Gasteiger partial charge in [0.1, 0.15) is 11.5 Å². The molecule has 32 heavy (non-hydrogen) atoms. The van der Waals surface area contributed by atoms with Gasteiger partial charge in [-0.1, -0.05) is 30.3 Å². The van der Waals surface area contributed by atoms with Crippen LogP contribution in [0.5, 0.6) is 11.5 Å². The molecule has 0 spiro atoms. The molecule has 0 bridgehead atoms. The molecule has 0 amide bonds. The van der Waals surface area contributed by atoms with Gasteiger partial charge in [-0.2, -0.15) is 0 Å². The number of hydrogen-bond acceptors (Lipinski definition) is 9. The van der Waals surface area contributed by atoms with Gasteiger partial charge >= 0.3 is 82.2 Å². The standard InChI is InChI=1S/C18H15NO8S2.Mg.2Na.2H/c20-28(21,22)26-15-8-4-13(5-9-15)18(17-3-1-2-12-19-17)14-6-10-16(11-7-14)27-29(23,24)25;;;;;/h1-12,18H,(H,20,21,22)(H,23,24,25);;;;;/q;+2;2*+1;2*-1/p-2. The van der Waals surface area contributed by atoms with Crippen molar-refractivity contribution in [1.82, 2.24) is 4.98 Å². The predicted molar refractivity (Wildman–Crippen MR) is 107 cm³/mol. The predicted octanol–water partition coefficient (Wildman–Crippen LogP) is -4.21. The second kappa shape index (κ2) is 13.6. The summed E-state index contributed by atoms with van der Waals surface area (Å²) in [7, 11) is -9.77. The van der Waals surface area contributed by atoms with Crippen LogP contribution in [0.1, 0.15) is 25.6 Å². The van der Waals surface area contributed by atoms with E-state index in [0.717, 1.165) is 0 Å². The van der Waals surface area contributed by atoms with Crippen molar-refractivity contribution in [2.45, 2.75) is 5.92 Å². The molecule has 1 heterocycles. The normalized spacial score (nSPS) is 10.8. The van der Waals surface area contributed by atoms with Gasteiger partial charge in [0, 0.05) is 6.20 Å². The zero-order valence-corrected chi connectivity index (χ0v) is 24.3. The van der Waals surface area contributed by atoms with E-state index in [1.54, 1.807) is 48.7 Å². The number of rotatable bonds is 7. The van der Waals surface area contributed by atoms with Gasteiger partial charge in [0.05, 0.1) is 11.6 Å². The Morgan fingerprint density at radius 1 is 0.719 bits per heavy atom. The molecule has 156 valence electrons. The average molecular weight is 508 g/mol. The van der Waals surface area contributed by atoms with Crippen molar-refractivity contribution in [3.63, 3.8) is 0 Å². The summed E-state index contributed by atoms with van der Waals surface area (Å²) in [6.07, 6.45) is 1.60. The zero-order valence-electron chi connectivity index (χ0n) is 19.2. The Morgan fingerprint density at radius 2 is 1.12 bits per heavy atom. The largest absolute Gasteiger partial charge is 2.00 e. The summed E-state index contributed by atoms with van der Waals surface area (Å²) in [5, 5.41) is 0. The monoisotopic (exact) mass is 507 g/mol. The quantitative estimate of drug-likeness (QED) is 0.176. The topological polar surface area (TPSA) is 146 Å². The molecule has 2 aromatic carbocycles. The summed E-state index contributed by atoms with van der Waals surface area (Å²) < 4.78 is 73.0. The first kappa shape index (κ1) is 31.8. The number of nitrogens with zero attached hydrogens (tertiary/aromatic N) is 1. The minimum atomic E-state index is -4.89. The van der Waals surface area contributed by atoms with Gasteiger partial charge in [-0.3, -0.25) is 4.98 Å². The van der Waals surface area contributed by atoms with Crippen molar-refractivity contribution in [3.8, 4) is 11.5 Å². The summed E-state index contributed by atoms with van der Waals surface area (Å²) in [6, 6.07) is 17.0. The Bertz CT molecular complexity index is 1130. The summed E-state index contributed by atoms with van der Waals surface area (Å²) in [4.78, 5) is 4.34. The maximum atomic E-state index is 10.7. The van der Waals surface area contributed by atoms with Crippen molar-refractivity contribution < 1.29 is 96.3 Å². The van der Waals surface area contributed by atoms with Crippen LogP contribution in [0.4, 0.5) is 0 Å². The molecular formula is C18H15MgNNa2O8S2. The molecule has 3 aromatic rings. The van der Waals surface area contributed by atoms with Gasteiger partial charge < -0.3 is 20.3 Å². The van der Waals surface area contributed by atoms with Crippen LogP contribution in [0.2, 0.25) is 0 Å². The minimum Gasteiger partial charge on any atom is -1.00 e. The molecule has 0 aliphatic rings. The molecule has 0 aliphatic carbocycles. The van der Waals surface area contributed by atoms with E-state index >= 15 is 0 Å². The molecule has 0 saturated carbocycles. The third-order valence-electron chi connectivity index (χ3n) is 3.81. The Hall–Kier alpha value is -0.224. The third kappa shape index (κ3) is 9.95. The van der Waals surface area contributed by atoms with Crippen molar-refractivity contribution >= 4 is 43.9 Å². The van der Waals surface area contributed by atoms with Gasteiger partial charge in [0.2, 0.25) is 0 Å². The van der Waals surface area contributed by atoms with E-state index in [1.807, 2.05) is 0 Å². The van der Waals surface area contributed by atoms with Crippen LogP contribution in [0.25, 0.3) is 0 Å². The van der Waals surface area contributed by atoms with Crippen LogP contribution in [-0.2, 0) is 20.8 Å². The van der Waals surface area contributed by atoms with Crippen LogP contribution >= 0.6 is 0 Å². The molecule has 0 atom stereocenters. The molecule has 0 fully saturated rings. The molecule has 0 radical (unpaired) electrons. The smallest absolute Gasteiger partial charge is 1.00 e. The summed E-state index contributed by atoms with van der Waals surface area (Å²) in [6.45, 7) is 0. The molecule has 0 unspecified atom stereocenters. The fourth-order valence-electron chi connectivity index (χ4n) is 2.75. The van der Waals surface area contributed by atoms with E-state index in [1.165, 1.54) is 24.3 Å². The van der Waals surface area contributed by atoms with E-state index < -0.39 is 26.7 Å². The van der Waals surface area contributed by atoms with Gasteiger partial charge in [0.25, 0.3) is 20.8 Å². The molecule has 9 nitrogen and oxygen atoms in total. The Kier molecular flexibility index (Phi) is 13.5. The third-order valence-corrected chi connectivity index (χ3v) is 4.60. The average Bonchev–Trinajstić information content (AvgIpc) is 2.63. The SMILES string of the molecule is O=S(=O)([O-])Oc1ccc(C(c2ccc(OS(=O)(=O)[O-])cc2)c2ccccn2)cc1.[H-].[H-].[Mg+2].[Na+].[Na+]. The first-order valence-electron chi connectivity index (χ1n) is 8.02. The summed E-state index contributed by atoms with van der Waals surface area (Å²) in [5.41, 5.74) is 2.05. The Labute approximate surface area is 249 Å². The van der Waals surface area contributed by atoms with Crippen LogP contribution in [-0.4, -0.2) is 54.0 Å². The number of pyridine rings is 1. The first-order chi connectivity index (χ1) is 13.6. The van der Waals surface area contributed by atoms with E-state index in [4.69, 9.17) is 0 Å². The zero-order chi connectivity index (χ0) is 21.1. The maximum Gasteiger partial charge on any atom is 2.00 e. The number of hydrogen-bond donors (Lipinski definition) is 0. The van der Waals surface area contributed by atoms with Crippen molar-refractivity contribution in [3.05, 3.63) is 89.7 Å². The van der Waals surface area contributed by atoms with Crippen LogP contribution in [0, 0.1) is 0 Å². The van der Waals surface area contributed by atoms with E-state index in [9.17, 15) is 25.9 Å². The molecule has 0 N–H and O–H groups in total. The molecule has 1 aromatic heterocycles. The van der Waals surface area contributed by atoms with Crippen molar-refractivity contribution in [2.75, 3.05) is 0 Å². The maximum absolute atomic E-state index is 10.7. The van der Waals surface area contributed by atoms with Crippen molar-refractivity contribution in [2.24, 2.45) is 0 Å². The van der Waals surface area contributed by atoms with Gasteiger partial charge in [0.15, 0.2) is 0 Å². The summed E-state index contributed by atoms with van der Waals surface area (Å²) >= 11 is 0. The molecule has 0 aliphatic heterocycles. The molecule has 3 rings (SSSR count). The van der Waals surface area contributed by atoms with Gasteiger partial charge in [-0.05, 0) is 47.5 Å². The Morgan fingerprint density at radius 3 is 1.44 bits per heavy atom. The second-order valence-electron chi connectivity index (χ2n) is 5.81. The van der Waals surface area contributed by atoms with Crippen LogP contribution in [0.3, 0.4) is 0 Å². The van der Waals surface area contributed by atoms with E-state index in [2.05, 4.69) is 13.4 Å². The fraction of sp³-hybridized carbons (Fsp3) is 0.0556. The van der Waals surface area contributed by atoms with E-state index in [0.29, 0.717) is 16.8 Å². The molecular weight excluding hydrogens is 493 g/mol. The molecule has 14 heteroatoms. The van der Waals surface area contributed by atoms with Crippen molar-refractivity contribution in [1.29, 1.82) is 0 Å². The fourth-order valence-corrected chi connectivity index (χ4v) is 3.44. The molecule has 0 saturated heterocycles. The number of benzene rings is 2. The second-order valence-corrected chi connectivity index (χ2v) is 7.78.